The predicted octanol–water partition coefficient (Wildman–Crippen LogP) is 2.93. The second-order valence-corrected chi connectivity index (χ2v) is 7.77. The van der Waals surface area contributed by atoms with Crippen molar-refractivity contribution >= 4 is 5.97 Å². The van der Waals surface area contributed by atoms with E-state index in [1.807, 2.05) is 18.2 Å². The van der Waals surface area contributed by atoms with Gasteiger partial charge in [-0.15, -0.1) is 0 Å². The summed E-state index contributed by atoms with van der Waals surface area (Å²) in [5.41, 5.74) is 2.83. The van der Waals surface area contributed by atoms with Crippen LogP contribution in [-0.4, -0.2) is 47.8 Å². The van der Waals surface area contributed by atoms with E-state index in [4.69, 9.17) is 33.2 Å². The lowest BCUT2D eigenvalue weighted by atomic mass is 9.67. The summed E-state index contributed by atoms with van der Waals surface area (Å²) in [7, 11) is 6.31. The summed E-state index contributed by atoms with van der Waals surface area (Å²) in [6.07, 6.45) is 0.694. The van der Waals surface area contributed by atoms with Gasteiger partial charge in [-0.25, -0.2) is 0 Å². The van der Waals surface area contributed by atoms with E-state index in [2.05, 4.69) is 0 Å². The molecule has 0 bridgehead atoms. The van der Waals surface area contributed by atoms with Crippen molar-refractivity contribution in [1.82, 2.24) is 0 Å². The van der Waals surface area contributed by atoms with Gasteiger partial charge in [0.2, 0.25) is 18.3 Å². The third-order valence-electron chi connectivity index (χ3n) is 6.37. The van der Waals surface area contributed by atoms with Gasteiger partial charge < -0.3 is 33.2 Å². The highest BCUT2D eigenvalue weighted by Gasteiger charge is 2.50. The van der Waals surface area contributed by atoms with Crippen LogP contribution in [0, 0.1) is 11.8 Å². The summed E-state index contributed by atoms with van der Waals surface area (Å²) in [5, 5.41) is 0. The van der Waals surface area contributed by atoms with Crippen LogP contribution in [0.4, 0.5) is 0 Å². The highest BCUT2D eigenvalue weighted by Crippen LogP contribution is 2.57. The highest BCUT2D eigenvalue weighted by atomic mass is 16.7. The summed E-state index contributed by atoms with van der Waals surface area (Å²) in [6.45, 7) is 0.489. The van der Waals surface area contributed by atoms with Crippen LogP contribution in [0.1, 0.15) is 22.6 Å². The van der Waals surface area contributed by atoms with E-state index in [0.29, 0.717) is 47.5 Å². The van der Waals surface area contributed by atoms with Gasteiger partial charge in [0.1, 0.15) is 0 Å². The molecular weight excluding hydrogens is 404 g/mol. The fourth-order valence-electron chi connectivity index (χ4n) is 5.06. The first-order valence-electron chi connectivity index (χ1n) is 10.1. The Morgan fingerprint density at radius 2 is 1.52 bits per heavy atom. The minimum absolute atomic E-state index is 0.0502. The molecule has 2 heterocycles. The number of fused-ring (bicyclic) bond motifs is 4. The van der Waals surface area contributed by atoms with Gasteiger partial charge in [-0.2, -0.15) is 0 Å². The minimum atomic E-state index is -0.350. The van der Waals surface area contributed by atoms with Crippen molar-refractivity contribution < 1.29 is 38.0 Å². The quantitative estimate of drug-likeness (QED) is 0.673. The summed E-state index contributed by atoms with van der Waals surface area (Å²) in [6, 6.07) is 5.75. The average molecular weight is 428 g/mol. The van der Waals surface area contributed by atoms with Gasteiger partial charge >= 0.3 is 5.97 Å². The molecule has 3 atom stereocenters. The summed E-state index contributed by atoms with van der Waals surface area (Å²) < 4.78 is 39.2. The summed E-state index contributed by atoms with van der Waals surface area (Å²) in [4.78, 5) is 12.9. The molecule has 0 spiro atoms. The highest BCUT2D eigenvalue weighted by molar-refractivity contribution is 5.79. The Hall–Kier alpha value is -3.29. The number of carbonyl (C=O) groups excluding carboxylic acids is 1. The molecule has 0 unspecified atom stereocenters. The van der Waals surface area contributed by atoms with E-state index in [1.54, 1.807) is 28.4 Å². The van der Waals surface area contributed by atoms with Gasteiger partial charge in [0, 0.05) is 17.4 Å². The third kappa shape index (κ3) is 2.85. The molecule has 5 rings (SSSR count). The molecule has 164 valence electrons. The molecule has 0 N–H and O–H groups in total. The zero-order valence-electron chi connectivity index (χ0n) is 17.9. The lowest BCUT2D eigenvalue weighted by molar-refractivity contribution is -0.141. The molecule has 0 aromatic heterocycles. The molecule has 1 fully saturated rings. The normalized spacial score (nSPS) is 23.0. The maximum absolute atomic E-state index is 12.9. The van der Waals surface area contributed by atoms with Crippen molar-refractivity contribution in [3.63, 3.8) is 0 Å². The Balaban J connectivity index is 1.77. The van der Waals surface area contributed by atoms with E-state index in [1.165, 1.54) is 0 Å². The lowest BCUT2D eigenvalue weighted by Crippen LogP contribution is -2.32. The molecule has 0 saturated carbocycles. The van der Waals surface area contributed by atoms with Gasteiger partial charge in [0.15, 0.2) is 23.0 Å². The lowest BCUT2D eigenvalue weighted by Gasteiger charge is -2.34. The molecule has 2 aromatic carbocycles. The van der Waals surface area contributed by atoms with E-state index in [9.17, 15) is 4.79 Å². The SMILES string of the molecule is COc1cc([C@H]2c3c(cc(OC)c4c3OCO4)C[C@H]3COC(=O)[C@@H]32)cc(OC)c1OC. The van der Waals surface area contributed by atoms with Gasteiger partial charge in [0.25, 0.3) is 0 Å². The van der Waals surface area contributed by atoms with E-state index >= 15 is 0 Å². The van der Waals surface area contributed by atoms with Gasteiger partial charge in [0.05, 0.1) is 41.0 Å². The van der Waals surface area contributed by atoms with Crippen molar-refractivity contribution in [2.75, 3.05) is 41.8 Å². The molecule has 8 heteroatoms. The van der Waals surface area contributed by atoms with Crippen LogP contribution in [-0.2, 0) is 16.0 Å². The number of rotatable bonds is 5. The first-order chi connectivity index (χ1) is 15.1. The van der Waals surface area contributed by atoms with Crippen molar-refractivity contribution in [2.45, 2.75) is 12.3 Å². The fraction of sp³-hybridized carbons (Fsp3) is 0.435. The van der Waals surface area contributed by atoms with Crippen LogP contribution >= 0.6 is 0 Å². The van der Waals surface area contributed by atoms with Crippen molar-refractivity contribution in [1.29, 1.82) is 0 Å². The Labute approximate surface area is 179 Å². The standard InChI is InChI=1S/C23H24O8/c1-25-14-7-12(8-15(26-2)20(14)28-4)17-18-11(5-13-9-29-23(24)19(13)17)6-16(27-3)21-22(18)31-10-30-21/h6-8,13,17,19H,5,9-10H2,1-4H3/t13-,17-,19-/m0/s1. The fourth-order valence-corrected chi connectivity index (χ4v) is 5.06. The van der Waals surface area contributed by atoms with Crippen LogP contribution in [0.25, 0.3) is 0 Å². The van der Waals surface area contributed by atoms with E-state index in [0.717, 1.165) is 16.7 Å². The van der Waals surface area contributed by atoms with Crippen LogP contribution in [0.5, 0.6) is 34.5 Å². The number of hydrogen-bond donors (Lipinski definition) is 0. The Morgan fingerprint density at radius 1 is 0.839 bits per heavy atom. The second kappa shape index (κ2) is 7.44. The topological polar surface area (TPSA) is 81.7 Å². The second-order valence-electron chi connectivity index (χ2n) is 7.77. The number of carbonyl (C=O) groups is 1. The monoisotopic (exact) mass is 428 g/mol. The Bertz CT molecular complexity index is 1020. The summed E-state index contributed by atoms with van der Waals surface area (Å²) in [5.74, 6) is 2.51. The predicted molar refractivity (Wildman–Crippen MR) is 109 cm³/mol. The molecule has 31 heavy (non-hydrogen) atoms. The number of methoxy groups -OCH3 is 4. The molecule has 0 radical (unpaired) electrons. The van der Waals surface area contributed by atoms with Crippen LogP contribution in [0.2, 0.25) is 0 Å². The van der Waals surface area contributed by atoms with Crippen LogP contribution < -0.4 is 28.4 Å². The van der Waals surface area contributed by atoms with Crippen LogP contribution in [0.3, 0.4) is 0 Å². The number of hydrogen-bond acceptors (Lipinski definition) is 8. The smallest absolute Gasteiger partial charge is 0.310 e. The first-order valence-corrected chi connectivity index (χ1v) is 10.1. The van der Waals surface area contributed by atoms with Gasteiger partial charge in [-0.05, 0) is 35.7 Å². The maximum atomic E-state index is 12.9. The molecule has 8 nitrogen and oxygen atoms in total. The molecule has 2 aliphatic heterocycles. The first kappa shape index (κ1) is 19.7. The third-order valence-corrected chi connectivity index (χ3v) is 6.37. The Kier molecular flexibility index (Phi) is 4.72. The number of esters is 1. The number of benzene rings is 2. The molecule has 1 saturated heterocycles. The van der Waals surface area contributed by atoms with Crippen molar-refractivity contribution in [3.05, 3.63) is 34.9 Å². The molecule has 0 amide bonds. The number of ether oxygens (including phenoxy) is 7. The molecule has 3 aliphatic rings. The molecule has 2 aromatic rings. The summed E-state index contributed by atoms with van der Waals surface area (Å²) >= 11 is 0. The maximum Gasteiger partial charge on any atom is 0.310 e. The molecule has 1 aliphatic carbocycles. The van der Waals surface area contributed by atoms with E-state index < -0.39 is 0 Å². The van der Waals surface area contributed by atoms with Gasteiger partial charge in [-0.1, -0.05) is 0 Å². The van der Waals surface area contributed by atoms with Crippen molar-refractivity contribution in [3.8, 4) is 34.5 Å². The zero-order chi connectivity index (χ0) is 21.7. The van der Waals surface area contributed by atoms with Crippen LogP contribution in [0.15, 0.2) is 18.2 Å². The largest absolute Gasteiger partial charge is 0.493 e. The number of cyclic esters (lactones) is 1. The average Bonchev–Trinajstić information content (AvgIpc) is 3.43. The van der Waals surface area contributed by atoms with E-state index in [-0.39, 0.29) is 30.5 Å². The molecular formula is C23H24O8. The minimum Gasteiger partial charge on any atom is -0.493 e. The Morgan fingerprint density at radius 3 is 2.16 bits per heavy atom. The zero-order valence-corrected chi connectivity index (χ0v) is 17.9. The van der Waals surface area contributed by atoms with Gasteiger partial charge in [-0.3, -0.25) is 4.79 Å². The van der Waals surface area contributed by atoms with Crippen molar-refractivity contribution in [2.24, 2.45) is 11.8 Å².